The number of nitrogens with zero attached hydrogens (tertiary/aromatic N) is 4. The topological polar surface area (TPSA) is 91.8 Å². The quantitative estimate of drug-likeness (QED) is 0.166. The molecule has 35 heavy (non-hydrogen) atoms. The molecule has 3 aromatic rings. The lowest BCUT2D eigenvalue weighted by Crippen LogP contribution is -2.53. The minimum atomic E-state index is -0.666. The number of aliphatic imine (C=N–C) groups is 1. The maximum atomic E-state index is 11.4. The molecule has 1 saturated carbocycles. The van der Waals surface area contributed by atoms with E-state index in [4.69, 9.17) is 14.5 Å². The predicted octanol–water partition coefficient (Wildman–Crippen LogP) is 5.62. The molecule has 1 aromatic heterocycles. The predicted molar refractivity (Wildman–Crippen MR) is 138 cm³/mol. The minimum Gasteiger partial charge on any atom is -0.497 e. The van der Waals surface area contributed by atoms with Crippen LogP contribution in [-0.4, -0.2) is 39.8 Å². The zero-order chi connectivity index (χ0) is 24.7. The molecule has 2 atom stereocenters. The lowest BCUT2D eigenvalue weighted by atomic mass is 9.79. The second-order valence-electron chi connectivity index (χ2n) is 8.52. The summed E-state index contributed by atoms with van der Waals surface area (Å²) in [5.41, 5.74) is 1.56. The fourth-order valence-electron chi connectivity index (χ4n) is 4.65. The van der Waals surface area contributed by atoms with Gasteiger partial charge in [-0.3, -0.25) is 9.56 Å². The van der Waals surface area contributed by atoms with E-state index in [1.54, 1.807) is 32.2 Å². The van der Waals surface area contributed by atoms with Gasteiger partial charge in [0.05, 0.1) is 24.9 Å². The van der Waals surface area contributed by atoms with Crippen molar-refractivity contribution in [2.24, 2.45) is 4.99 Å². The zero-order valence-electron chi connectivity index (χ0n) is 20.0. The highest BCUT2D eigenvalue weighted by molar-refractivity contribution is 8.13. The van der Waals surface area contributed by atoms with Crippen LogP contribution in [0.25, 0.3) is 0 Å². The lowest BCUT2D eigenvalue weighted by molar-refractivity contribution is -0.389. The fraction of sp³-hybridized carbons (Fsp3) is 0.385. The van der Waals surface area contributed by atoms with Gasteiger partial charge in [0.2, 0.25) is 6.33 Å². The molecule has 0 radical (unpaired) electrons. The second-order valence-corrected chi connectivity index (χ2v) is 9.48. The minimum absolute atomic E-state index is 0.174. The lowest BCUT2D eigenvalue weighted by Gasteiger charge is -2.44. The van der Waals surface area contributed by atoms with Gasteiger partial charge in [0.25, 0.3) is 0 Å². The Labute approximate surface area is 209 Å². The summed E-state index contributed by atoms with van der Waals surface area (Å²) < 4.78 is 13.7. The number of hydrogen-bond acceptors (Lipinski definition) is 7. The van der Waals surface area contributed by atoms with Crippen LogP contribution in [0.3, 0.4) is 0 Å². The van der Waals surface area contributed by atoms with Crippen molar-refractivity contribution in [3.63, 3.8) is 0 Å². The Hall–Kier alpha value is -3.17. The van der Waals surface area contributed by atoms with Gasteiger partial charge in [0.1, 0.15) is 17.5 Å². The summed E-state index contributed by atoms with van der Waals surface area (Å²) in [6.45, 7) is 0.462. The van der Waals surface area contributed by atoms with E-state index in [1.165, 1.54) is 6.20 Å². The molecule has 4 rings (SSSR count). The Balaban J connectivity index is 1.66. The number of rotatable bonds is 9. The molecule has 184 valence electrons. The van der Waals surface area contributed by atoms with Gasteiger partial charge < -0.3 is 19.6 Å². The number of aromatic nitrogens is 2. The van der Waals surface area contributed by atoms with Crippen LogP contribution < -0.4 is 4.74 Å². The molecular weight excluding hydrogens is 464 g/mol. The summed E-state index contributed by atoms with van der Waals surface area (Å²) in [5, 5.41) is 12.3. The van der Waals surface area contributed by atoms with Crippen molar-refractivity contribution < 1.29 is 14.4 Å². The molecule has 0 bridgehead atoms. The SMILES string of the molecule is C/N=C(/SCc1ccc(OC)cc1)C1(n2cnc([N+](=O)[O-])c2)CCCCC1OCc1ccccc1. The van der Waals surface area contributed by atoms with Crippen molar-refractivity contribution in [2.75, 3.05) is 14.2 Å². The van der Waals surface area contributed by atoms with Crippen molar-refractivity contribution in [2.45, 2.75) is 49.7 Å². The maximum Gasteiger partial charge on any atom is 0.381 e. The van der Waals surface area contributed by atoms with Crippen molar-refractivity contribution >= 4 is 22.6 Å². The molecular formula is C26H30N4O4S. The van der Waals surface area contributed by atoms with Crippen LogP contribution in [-0.2, 0) is 22.6 Å². The van der Waals surface area contributed by atoms with Gasteiger partial charge >= 0.3 is 5.82 Å². The Morgan fingerprint density at radius 3 is 2.63 bits per heavy atom. The highest BCUT2D eigenvalue weighted by Crippen LogP contribution is 2.43. The van der Waals surface area contributed by atoms with Crippen LogP contribution in [0.1, 0.15) is 36.8 Å². The first kappa shape index (κ1) is 24.9. The molecule has 0 saturated heterocycles. The van der Waals surface area contributed by atoms with E-state index < -0.39 is 10.5 Å². The molecule has 0 aliphatic heterocycles. The molecule has 2 unspecified atom stereocenters. The van der Waals surface area contributed by atoms with E-state index in [-0.39, 0.29) is 11.9 Å². The fourth-order valence-corrected chi connectivity index (χ4v) is 5.86. The van der Waals surface area contributed by atoms with Crippen molar-refractivity contribution in [1.82, 2.24) is 9.55 Å². The van der Waals surface area contributed by atoms with Gasteiger partial charge in [-0.2, -0.15) is 0 Å². The maximum absolute atomic E-state index is 11.4. The summed E-state index contributed by atoms with van der Waals surface area (Å²) in [6, 6.07) is 18.0. The third-order valence-corrected chi connectivity index (χ3v) is 7.71. The van der Waals surface area contributed by atoms with Gasteiger partial charge in [-0.25, -0.2) is 0 Å². The monoisotopic (exact) mass is 494 g/mol. The molecule has 2 aromatic carbocycles. The molecule has 8 nitrogen and oxygen atoms in total. The van der Waals surface area contributed by atoms with Gasteiger partial charge in [0.15, 0.2) is 0 Å². The van der Waals surface area contributed by atoms with Crippen LogP contribution in [0.4, 0.5) is 5.82 Å². The third-order valence-electron chi connectivity index (χ3n) is 6.43. The normalized spacial score (nSPS) is 20.5. The average Bonchev–Trinajstić information content (AvgIpc) is 3.41. The smallest absolute Gasteiger partial charge is 0.381 e. The van der Waals surface area contributed by atoms with E-state index in [0.717, 1.165) is 47.6 Å². The standard InChI is InChI=1S/C26H30N4O4S/c1-27-25(35-18-21-11-13-22(33-2)14-12-21)26(29-16-24(28-19-29)30(31)32)15-7-6-10-23(26)34-17-20-8-4-3-5-9-20/h3-5,8-9,11-14,16,19,23H,6-7,10,15,17-18H2,1-2H3/b27-25+. The van der Waals surface area contributed by atoms with E-state index in [0.29, 0.717) is 12.4 Å². The molecule has 0 amide bonds. The van der Waals surface area contributed by atoms with Gasteiger partial charge in [-0.05, 0) is 46.0 Å². The van der Waals surface area contributed by atoms with E-state index >= 15 is 0 Å². The number of nitro groups is 1. The van der Waals surface area contributed by atoms with E-state index in [9.17, 15) is 10.1 Å². The Morgan fingerprint density at radius 1 is 1.20 bits per heavy atom. The molecule has 1 aliphatic carbocycles. The first-order valence-corrected chi connectivity index (χ1v) is 12.6. The Kier molecular flexibility index (Phi) is 8.20. The summed E-state index contributed by atoms with van der Waals surface area (Å²) in [5.74, 6) is 1.35. The summed E-state index contributed by atoms with van der Waals surface area (Å²) in [4.78, 5) is 19.8. The number of benzene rings is 2. The van der Waals surface area contributed by atoms with Gasteiger partial charge in [-0.1, -0.05) is 55.3 Å². The zero-order valence-corrected chi connectivity index (χ0v) is 20.8. The molecule has 0 spiro atoms. The highest BCUT2D eigenvalue weighted by Gasteiger charge is 2.48. The molecule has 1 fully saturated rings. The summed E-state index contributed by atoms with van der Waals surface area (Å²) >= 11 is 1.64. The largest absolute Gasteiger partial charge is 0.497 e. The molecule has 0 N–H and O–H groups in total. The van der Waals surface area contributed by atoms with Crippen molar-refractivity contribution in [3.05, 3.63) is 88.4 Å². The molecule has 1 aliphatic rings. The Morgan fingerprint density at radius 2 is 1.97 bits per heavy atom. The van der Waals surface area contributed by atoms with Crippen molar-refractivity contribution in [1.29, 1.82) is 0 Å². The van der Waals surface area contributed by atoms with Crippen LogP contribution in [0.5, 0.6) is 5.75 Å². The van der Waals surface area contributed by atoms with Crippen molar-refractivity contribution in [3.8, 4) is 5.75 Å². The first-order chi connectivity index (χ1) is 17.1. The van der Waals surface area contributed by atoms with E-state index in [1.807, 2.05) is 59.2 Å². The van der Waals surface area contributed by atoms with Crippen LogP contribution >= 0.6 is 11.8 Å². The number of ether oxygens (including phenoxy) is 2. The second kappa shape index (κ2) is 11.5. The molecule has 1 heterocycles. The molecule has 9 heteroatoms. The van der Waals surface area contributed by atoms with Crippen LogP contribution in [0.15, 0.2) is 72.1 Å². The number of methoxy groups -OCH3 is 1. The third kappa shape index (κ3) is 5.57. The number of thioether (sulfide) groups is 1. The number of hydrogen-bond donors (Lipinski definition) is 0. The highest BCUT2D eigenvalue weighted by atomic mass is 32.2. The number of imidazole rings is 1. The van der Waals surface area contributed by atoms with Crippen LogP contribution in [0, 0.1) is 10.1 Å². The first-order valence-electron chi connectivity index (χ1n) is 11.6. The van der Waals surface area contributed by atoms with E-state index in [2.05, 4.69) is 4.98 Å². The average molecular weight is 495 g/mol. The van der Waals surface area contributed by atoms with Gasteiger partial charge in [0, 0.05) is 12.8 Å². The Bertz CT molecular complexity index is 1150. The summed E-state index contributed by atoms with van der Waals surface area (Å²) in [6.07, 6.45) is 6.47. The van der Waals surface area contributed by atoms with Crippen LogP contribution in [0.2, 0.25) is 0 Å². The summed E-state index contributed by atoms with van der Waals surface area (Å²) in [7, 11) is 3.44. The van der Waals surface area contributed by atoms with Gasteiger partial charge in [-0.15, -0.1) is 11.8 Å².